The van der Waals surface area contributed by atoms with Gasteiger partial charge in [0.2, 0.25) is 5.91 Å². The summed E-state index contributed by atoms with van der Waals surface area (Å²) in [4.78, 5) is 22.7. The van der Waals surface area contributed by atoms with Crippen LogP contribution in [-0.2, 0) is 15.1 Å². The number of nitrogens with one attached hydrogen (secondary N) is 2. The van der Waals surface area contributed by atoms with Crippen LogP contribution in [0.3, 0.4) is 0 Å². The number of amides is 2. The molecule has 0 radical (unpaired) electrons. The van der Waals surface area contributed by atoms with Crippen molar-refractivity contribution in [2.75, 3.05) is 0 Å². The Bertz CT molecular complexity index is 446. The third-order valence-electron chi connectivity index (χ3n) is 2.79. The van der Waals surface area contributed by atoms with Gasteiger partial charge < -0.3 is 0 Å². The second-order valence-electron chi connectivity index (χ2n) is 4.38. The molecule has 90 valence electrons. The van der Waals surface area contributed by atoms with E-state index in [0.717, 1.165) is 10.7 Å². The molecule has 0 aliphatic carbocycles. The summed E-state index contributed by atoms with van der Waals surface area (Å²) in [7, 11) is 0. The van der Waals surface area contributed by atoms with Gasteiger partial charge in [-0.1, -0.05) is 30.3 Å². The van der Waals surface area contributed by atoms with E-state index in [1.165, 1.54) is 6.92 Å². The summed E-state index contributed by atoms with van der Waals surface area (Å²) < 4.78 is 0. The standard InChI is InChI=1S/C12H15N3O2/c1-9(16)13-15-11(17)8-12(2,14-15)10-6-4-3-5-7-10/h3-7,14H,8H2,1-2H3,(H,13,16). The molecule has 1 aliphatic rings. The number of hydrazine groups is 2. The number of carbonyl (C=O) groups excluding carboxylic acids is 2. The van der Waals surface area contributed by atoms with Crippen molar-refractivity contribution in [1.82, 2.24) is 16.0 Å². The molecule has 1 aromatic carbocycles. The van der Waals surface area contributed by atoms with Crippen LogP contribution < -0.4 is 10.9 Å². The van der Waals surface area contributed by atoms with Gasteiger partial charge in [-0.05, 0) is 12.5 Å². The van der Waals surface area contributed by atoms with Gasteiger partial charge in [0.05, 0.1) is 12.0 Å². The number of nitrogens with zero attached hydrogens (tertiary/aromatic N) is 1. The average Bonchev–Trinajstić information content (AvgIpc) is 2.56. The first kappa shape index (κ1) is 11.6. The van der Waals surface area contributed by atoms with Crippen LogP contribution in [-0.4, -0.2) is 16.9 Å². The topological polar surface area (TPSA) is 61.4 Å². The third kappa shape index (κ3) is 2.29. The van der Waals surface area contributed by atoms with E-state index in [-0.39, 0.29) is 11.8 Å². The molecular weight excluding hydrogens is 218 g/mol. The van der Waals surface area contributed by atoms with Crippen LogP contribution >= 0.6 is 0 Å². The Hall–Kier alpha value is -1.88. The first-order valence-electron chi connectivity index (χ1n) is 5.45. The van der Waals surface area contributed by atoms with Crippen LogP contribution in [0.2, 0.25) is 0 Å². The molecule has 1 aromatic rings. The molecule has 0 spiro atoms. The van der Waals surface area contributed by atoms with Crippen molar-refractivity contribution < 1.29 is 9.59 Å². The SMILES string of the molecule is CC(=O)NN1NC(C)(c2ccccc2)CC1=O. The highest BCUT2D eigenvalue weighted by molar-refractivity contribution is 5.83. The molecule has 0 bridgehead atoms. The first-order valence-corrected chi connectivity index (χ1v) is 5.45. The van der Waals surface area contributed by atoms with Gasteiger partial charge in [-0.15, -0.1) is 0 Å². The summed E-state index contributed by atoms with van der Waals surface area (Å²) in [5.74, 6) is -0.422. The fourth-order valence-corrected chi connectivity index (χ4v) is 1.95. The van der Waals surface area contributed by atoms with Crippen molar-refractivity contribution in [1.29, 1.82) is 0 Å². The summed E-state index contributed by atoms with van der Waals surface area (Å²) in [5, 5.41) is 1.16. The Kier molecular flexibility index (Phi) is 2.85. The van der Waals surface area contributed by atoms with E-state index >= 15 is 0 Å². The molecule has 5 heteroatoms. The van der Waals surface area contributed by atoms with E-state index in [1.54, 1.807) is 0 Å². The summed E-state index contributed by atoms with van der Waals surface area (Å²) in [5.41, 5.74) is 6.01. The van der Waals surface area contributed by atoms with Gasteiger partial charge in [0.1, 0.15) is 0 Å². The largest absolute Gasteiger partial charge is 0.274 e. The number of hydrogen-bond donors (Lipinski definition) is 2. The lowest BCUT2D eigenvalue weighted by atomic mass is 9.90. The second-order valence-corrected chi connectivity index (χ2v) is 4.38. The minimum atomic E-state index is -0.471. The van der Waals surface area contributed by atoms with Crippen molar-refractivity contribution >= 4 is 11.8 Å². The zero-order valence-corrected chi connectivity index (χ0v) is 9.86. The molecule has 1 atom stereocenters. The fraction of sp³-hybridized carbons (Fsp3) is 0.333. The highest BCUT2D eigenvalue weighted by Gasteiger charge is 2.40. The van der Waals surface area contributed by atoms with Crippen molar-refractivity contribution in [3.8, 4) is 0 Å². The molecule has 2 N–H and O–H groups in total. The maximum absolute atomic E-state index is 11.7. The van der Waals surface area contributed by atoms with Gasteiger partial charge in [0.15, 0.2) is 0 Å². The molecule has 0 saturated carbocycles. The van der Waals surface area contributed by atoms with Crippen molar-refractivity contribution in [3.05, 3.63) is 35.9 Å². The molecule has 1 fully saturated rings. The third-order valence-corrected chi connectivity index (χ3v) is 2.79. The second kappa shape index (κ2) is 4.18. The summed E-state index contributed by atoms with van der Waals surface area (Å²) in [6.45, 7) is 3.30. The molecule has 1 unspecified atom stereocenters. The quantitative estimate of drug-likeness (QED) is 0.790. The van der Waals surface area contributed by atoms with E-state index in [1.807, 2.05) is 37.3 Å². The van der Waals surface area contributed by atoms with E-state index < -0.39 is 5.54 Å². The molecule has 1 aliphatic heterocycles. The van der Waals surface area contributed by atoms with E-state index in [4.69, 9.17) is 0 Å². The van der Waals surface area contributed by atoms with Crippen LogP contribution in [0, 0.1) is 0 Å². The minimum Gasteiger partial charge on any atom is -0.274 e. The Morgan fingerprint density at radius 2 is 2.06 bits per heavy atom. The van der Waals surface area contributed by atoms with Gasteiger partial charge in [-0.25, -0.2) is 5.43 Å². The molecule has 17 heavy (non-hydrogen) atoms. The predicted octanol–water partition coefficient (Wildman–Crippen LogP) is 0.690. The Morgan fingerprint density at radius 3 is 2.65 bits per heavy atom. The van der Waals surface area contributed by atoms with Gasteiger partial charge in [-0.3, -0.25) is 15.0 Å². The Balaban J connectivity index is 2.20. The monoisotopic (exact) mass is 233 g/mol. The minimum absolute atomic E-state index is 0.147. The van der Waals surface area contributed by atoms with E-state index in [0.29, 0.717) is 6.42 Å². The summed E-state index contributed by atoms with van der Waals surface area (Å²) in [6.07, 6.45) is 0.317. The number of rotatable bonds is 2. The Morgan fingerprint density at radius 1 is 1.41 bits per heavy atom. The smallest absolute Gasteiger partial charge is 0.258 e. The van der Waals surface area contributed by atoms with Gasteiger partial charge in [0.25, 0.3) is 5.91 Å². The summed E-state index contributed by atoms with van der Waals surface area (Å²) in [6, 6.07) is 9.69. The van der Waals surface area contributed by atoms with Crippen LogP contribution in [0.15, 0.2) is 30.3 Å². The highest BCUT2D eigenvalue weighted by Crippen LogP contribution is 2.29. The van der Waals surface area contributed by atoms with Gasteiger partial charge in [0, 0.05) is 6.92 Å². The van der Waals surface area contributed by atoms with Crippen LogP contribution in [0.4, 0.5) is 0 Å². The van der Waals surface area contributed by atoms with Crippen LogP contribution in [0.1, 0.15) is 25.8 Å². The first-order chi connectivity index (χ1) is 8.01. The molecular formula is C12H15N3O2. The van der Waals surface area contributed by atoms with E-state index in [2.05, 4.69) is 10.9 Å². The average molecular weight is 233 g/mol. The molecule has 2 amide bonds. The predicted molar refractivity (Wildman–Crippen MR) is 62.2 cm³/mol. The Labute approximate surface area is 99.7 Å². The van der Waals surface area contributed by atoms with Crippen molar-refractivity contribution in [3.63, 3.8) is 0 Å². The highest BCUT2D eigenvalue weighted by atomic mass is 16.2. The molecule has 0 aromatic heterocycles. The number of benzene rings is 1. The maximum Gasteiger partial charge on any atom is 0.258 e. The zero-order valence-electron chi connectivity index (χ0n) is 9.86. The van der Waals surface area contributed by atoms with Gasteiger partial charge >= 0.3 is 0 Å². The number of carbonyl (C=O) groups is 2. The van der Waals surface area contributed by atoms with Gasteiger partial charge in [-0.2, -0.15) is 5.12 Å². The van der Waals surface area contributed by atoms with Crippen LogP contribution in [0.25, 0.3) is 0 Å². The van der Waals surface area contributed by atoms with Crippen LogP contribution in [0.5, 0.6) is 0 Å². The fourth-order valence-electron chi connectivity index (χ4n) is 1.95. The normalized spacial score (nSPS) is 23.9. The lowest BCUT2D eigenvalue weighted by molar-refractivity contribution is -0.140. The molecule has 1 heterocycles. The molecule has 1 saturated heterocycles. The lowest BCUT2D eigenvalue weighted by Crippen LogP contribution is -2.51. The van der Waals surface area contributed by atoms with Crippen molar-refractivity contribution in [2.45, 2.75) is 25.8 Å². The molecule has 5 nitrogen and oxygen atoms in total. The maximum atomic E-state index is 11.7. The molecule has 2 rings (SSSR count). The summed E-state index contributed by atoms with van der Waals surface area (Å²) >= 11 is 0. The number of hydrogen-bond acceptors (Lipinski definition) is 3. The lowest BCUT2D eigenvalue weighted by Gasteiger charge is -2.25. The van der Waals surface area contributed by atoms with E-state index in [9.17, 15) is 9.59 Å². The van der Waals surface area contributed by atoms with Crippen molar-refractivity contribution in [2.24, 2.45) is 0 Å². The zero-order chi connectivity index (χ0) is 12.5.